The number of aromatic nitrogens is 4. The molecule has 0 aliphatic heterocycles. The van der Waals surface area contributed by atoms with Crippen molar-refractivity contribution in [3.63, 3.8) is 0 Å². The molecule has 1 N–H and O–H groups in total. The Morgan fingerprint density at radius 2 is 1.42 bits per heavy atom. The lowest BCUT2D eigenvalue weighted by molar-refractivity contribution is -0.870. The van der Waals surface area contributed by atoms with Crippen LogP contribution in [-0.4, -0.2) is 82.1 Å². The minimum Gasteiger partial charge on any atom is -0.331 e. The summed E-state index contributed by atoms with van der Waals surface area (Å²) in [6.45, 7) is 5.18. The number of sulfonamides is 1. The molecule has 0 aromatic carbocycles. The number of nitrogens with one attached hydrogen (secondary N) is 1. The van der Waals surface area contributed by atoms with Gasteiger partial charge in [0, 0.05) is 13.0 Å². The number of hydrogen-bond acceptors (Lipinski definition) is 6. The average Bonchev–Trinajstić information content (AvgIpc) is 3.26. The van der Waals surface area contributed by atoms with Crippen molar-refractivity contribution >= 4 is 44.4 Å². The van der Waals surface area contributed by atoms with E-state index in [1.165, 1.54) is 89.9 Å². The van der Waals surface area contributed by atoms with Gasteiger partial charge in [-0.3, -0.25) is 0 Å². The zero-order valence-corrected chi connectivity index (χ0v) is 28.6. The molecule has 2 unspecified atom stereocenters. The van der Waals surface area contributed by atoms with Gasteiger partial charge >= 0.3 is 0 Å². The van der Waals surface area contributed by atoms with Crippen molar-refractivity contribution in [3.05, 3.63) is 5.82 Å². The van der Waals surface area contributed by atoms with Crippen molar-refractivity contribution in [1.82, 2.24) is 24.9 Å². The first-order valence-electron chi connectivity index (χ1n) is 14.8. The molecule has 11 heteroatoms. The molecule has 38 heavy (non-hydrogen) atoms. The maximum Gasteiger partial charge on any atom is 0.211 e. The van der Waals surface area contributed by atoms with E-state index in [2.05, 4.69) is 70.8 Å². The van der Waals surface area contributed by atoms with Gasteiger partial charge < -0.3 is 4.48 Å². The van der Waals surface area contributed by atoms with E-state index in [0.29, 0.717) is 12.2 Å². The Morgan fingerprint density at radius 3 is 1.89 bits per heavy atom. The van der Waals surface area contributed by atoms with Crippen molar-refractivity contribution < 1.29 is 12.9 Å². The minimum absolute atomic E-state index is 0.136. The Kier molecular flexibility index (Phi) is 19.8. The van der Waals surface area contributed by atoms with E-state index in [4.69, 9.17) is 0 Å². The van der Waals surface area contributed by atoms with Crippen molar-refractivity contribution in [3.8, 4) is 0 Å². The molecule has 0 aliphatic rings. The van der Waals surface area contributed by atoms with E-state index in [-0.39, 0.29) is 21.6 Å². The molecular formula is C27H56IN6O2S2+. The maximum atomic E-state index is 12.6. The zero-order chi connectivity index (χ0) is 28.3. The van der Waals surface area contributed by atoms with Crippen LogP contribution < -0.4 is 4.72 Å². The largest absolute Gasteiger partial charge is 0.331 e. The molecule has 1 aromatic heterocycles. The highest BCUT2D eigenvalue weighted by Crippen LogP contribution is 2.30. The van der Waals surface area contributed by atoms with Gasteiger partial charge in [-0.05, 0) is 24.3 Å². The SMILES string of the molecule is CCCCCCCCCCCCCCCCSC(I)C(CNS(=O)(=O)CCC[N+](C)(C)C)n1nnc(C)n1. The highest BCUT2D eigenvalue weighted by atomic mass is 127. The third-order valence-corrected chi connectivity index (χ3v) is 11.2. The quantitative estimate of drug-likeness (QED) is 0.0546. The van der Waals surface area contributed by atoms with Gasteiger partial charge in [-0.2, -0.15) is 4.80 Å². The van der Waals surface area contributed by atoms with Crippen LogP contribution in [0.25, 0.3) is 0 Å². The van der Waals surface area contributed by atoms with Crippen molar-refractivity contribution in [2.45, 2.75) is 119 Å². The van der Waals surface area contributed by atoms with Gasteiger partial charge in [0.25, 0.3) is 0 Å². The molecular weight excluding hydrogens is 631 g/mol. The molecule has 1 aromatic rings. The first-order valence-corrected chi connectivity index (χ1v) is 18.8. The van der Waals surface area contributed by atoms with Gasteiger partial charge in [0.15, 0.2) is 5.82 Å². The zero-order valence-electron chi connectivity index (χ0n) is 24.8. The van der Waals surface area contributed by atoms with E-state index in [0.717, 1.165) is 16.8 Å². The smallest absolute Gasteiger partial charge is 0.211 e. The summed E-state index contributed by atoms with van der Waals surface area (Å²) in [7, 11) is 2.88. The third kappa shape index (κ3) is 19.2. The van der Waals surface area contributed by atoms with E-state index < -0.39 is 10.0 Å². The summed E-state index contributed by atoms with van der Waals surface area (Å²) < 4.78 is 28.9. The Bertz CT molecular complexity index is 817. The highest BCUT2D eigenvalue weighted by Gasteiger charge is 2.26. The number of rotatable bonds is 25. The number of thioether (sulfide) groups is 1. The number of halogens is 1. The first-order chi connectivity index (χ1) is 18.0. The third-order valence-electron chi connectivity index (χ3n) is 6.66. The molecule has 0 fully saturated rings. The Balaban J connectivity index is 2.25. The van der Waals surface area contributed by atoms with E-state index >= 15 is 0 Å². The molecule has 0 saturated heterocycles. The van der Waals surface area contributed by atoms with E-state index in [9.17, 15) is 8.42 Å². The van der Waals surface area contributed by atoms with Gasteiger partial charge in [-0.15, -0.1) is 22.0 Å². The molecule has 0 aliphatic carbocycles. The molecule has 0 bridgehead atoms. The highest BCUT2D eigenvalue weighted by molar-refractivity contribution is 14.1. The lowest BCUT2D eigenvalue weighted by atomic mass is 10.0. The van der Waals surface area contributed by atoms with Gasteiger partial charge in [0.05, 0.1) is 36.7 Å². The topological polar surface area (TPSA) is 89.8 Å². The van der Waals surface area contributed by atoms with Crippen molar-refractivity contribution in [1.29, 1.82) is 0 Å². The predicted octanol–water partition coefficient (Wildman–Crippen LogP) is 6.51. The lowest BCUT2D eigenvalue weighted by Gasteiger charge is -2.24. The number of quaternary nitrogens is 1. The van der Waals surface area contributed by atoms with Crippen LogP contribution in [0.2, 0.25) is 0 Å². The van der Waals surface area contributed by atoms with E-state index in [1.54, 1.807) is 11.7 Å². The summed E-state index contributed by atoms with van der Waals surface area (Å²) in [4.78, 5) is 1.58. The molecule has 1 heterocycles. The average molecular weight is 688 g/mol. The number of alkyl halides is 1. The van der Waals surface area contributed by atoms with Crippen LogP contribution in [-0.2, 0) is 10.0 Å². The summed E-state index contributed by atoms with van der Waals surface area (Å²) in [6, 6.07) is -0.179. The van der Waals surface area contributed by atoms with E-state index in [1.807, 2.05) is 11.8 Å². The summed E-state index contributed by atoms with van der Waals surface area (Å²) in [5, 5.41) is 12.6. The molecule has 2 atom stereocenters. The minimum atomic E-state index is -3.35. The van der Waals surface area contributed by atoms with Crippen molar-refractivity contribution in [2.75, 3.05) is 45.7 Å². The normalized spacial score (nSPS) is 14.2. The van der Waals surface area contributed by atoms with Gasteiger partial charge in [-0.25, -0.2) is 13.1 Å². The van der Waals surface area contributed by atoms with Crippen LogP contribution in [0.4, 0.5) is 0 Å². The van der Waals surface area contributed by atoms with Crippen LogP contribution in [0.3, 0.4) is 0 Å². The Hall–Kier alpha value is 0.0200. The second-order valence-corrected chi connectivity index (χ2v) is 16.9. The molecule has 224 valence electrons. The second kappa shape index (κ2) is 20.8. The van der Waals surface area contributed by atoms with Crippen LogP contribution >= 0.6 is 34.4 Å². The summed E-state index contributed by atoms with van der Waals surface area (Å²) in [5.41, 5.74) is 0. The number of nitrogens with zero attached hydrogens (tertiary/aromatic N) is 5. The lowest BCUT2D eigenvalue weighted by Crippen LogP contribution is -2.39. The summed E-state index contributed by atoms with van der Waals surface area (Å²) in [5.74, 6) is 1.80. The predicted molar refractivity (Wildman–Crippen MR) is 171 cm³/mol. The molecule has 8 nitrogen and oxygen atoms in total. The fourth-order valence-electron chi connectivity index (χ4n) is 4.34. The second-order valence-electron chi connectivity index (χ2n) is 11.6. The monoisotopic (exact) mass is 687 g/mol. The first kappa shape index (κ1) is 36.0. The molecule has 0 amide bonds. The standard InChI is InChI=1S/C27H56IN6O2S2/c1-6-7-8-9-10-11-12-13-14-15-16-17-18-19-22-37-27(28)26(33-31-25(2)30-32-33)24-29-38(35,36)23-20-21-34(3,4)5/h26-27,29H,6-24H2,1-5H3/q+1. The van der Waals surface area contributed by atoms with Gasteiger partial charge in [-0.1, -0.05) is 113 Å². The fourth-order valence-corrected chi connectivity index (χ4v) is 7.74. The molecule has 1 rings (SSSR count). The summed E-state index contributed by atoms with van der Waals surface area (Å²) in [6.07, 6.45) is 19.7. The van der Waals surface area contributed by atoms with Crippen LogP contribution in [0.15, 0.2) is 0 Å². The molecule has 0 spiro atoms. The fraction of sp³-hybridized carbons (Fsp3) is 0.963. The Labute approximate surface area is 252 Å². The maximum absolute atomic E-state index is 12.6. The number of unbranched alkanes of at least 4 members (excludes halogenated alkanes) is 13. The van der Waals surface area contributed by atoms with Gasteiger partial charge in [0.1, 0.15) is 6.04 Å². The van der Waals surface area contributed by atoms with Gasteiger partial charge in [0.2, 0.25) is 10.0 Å². The Morgan fingerprint density at radius 1 is 0.895 bits per heavy atom. The van der Waals surface area contributed by atoms with Crippen LogP contribution in [0.5, 0.6) is 0 Å². The number of aryl methyl sites for hydroxylation is 1. The van der Waals surface area contributed by atoms with Crippen molar-refractivity contribution in [2.24, 2.45) is 0 Å². The molecule has 0 saturated carbocycles. The van der Waals surface area contributed by atoms with Crippen LogP contribution in [0.1, 0.15) is 115 Å². The van der Waals surface area contributed by atoms with Crippen LogP contribution in [0, 0.1) is 6.92 Å². The number of tetrazole rings is 1. The molecule has 0 radical (unpaired) electrons. The summed E-state index contributed by atoms with van der Waals surface area (Å²) >= 11 is 4.27. The number of hydrogen-bond donors (Lipinski definition) is 1.